The number of nitrogens with one attached hydrogen (secondary N) is 1. The van der Waals surface area contributed by atoms with Crippen LogP contribution < -0.4 is 10.1 Å². The van der Waals surface area contributed by atoms with E-state index in [0.717, 1.165) is 0 Å². The third-order valence-corrected chi connectivity index (χ3v) is 3.34. The summed E-state index contributed by atoms with van der Waals surface area (Å²) in [4.78, 5) is 25.0. The van der Waals surface area contributed by atoms with Gasteiger partial charge in [0.15, 0.2) is 0 Å². The Hall–Kier alpha value is -2.24. The summed E-state index contributed by atoms with van der Waals surface area (Å²) in [6, 6.07) is 7.97. The molecular formula is C16H22N2O4. The smallest absolute Gasteiger partial charge is 0.326 e. The van der Waals surface area contributed by atoms with Crippen molar-refractivity contribution in [3.05, 3.63) is 30.3 Å². The topological polar surface area (TPSA) is 78.9 Å². The molecule has 1 unspecified atom stereocenters. The maximum atomic E-state index is 12.3. The van der Waals surface area contributed by atoms with Crippen molar-refractivity contribution < 1.29 is 19.4 Å². The fourth-order valence-corrected chi connectivity index (χ4v) is 2.43. The zero-order valence-corrected chi connectivity index (χ0v) is 13.1. The zero-order chi connectivity index (χ0) is 16.3. The molecule has 1 aliphatic rings. The Morgan fingerprint density at radius 3 is 2.45 bits per heavy atom. The number of amides is 2. The Morgan fingerprint density at radius 1 is 1.27 bits per heavy atom. The molecule has 1 fully saturated rings. The average Bonchev–Trinajstić information content (AvgIpc) is 2.82. The van der Waals surface area contributed by atoms with Crippen LogP contribution in [0.15, 0.2) is 30.3 Å². The van der Waals surface area contributed by atoms with Crippen molar-refractivity contribution in [2.24, 2.45) is 0 Å². The zero-order valence-electron chi connectivity index (χ0n) is 13.1. The summed E-state index contributed by atoms with van der Waals surface area (Å²) in [7, 11) is 0. The molecule has 1 aromatic rings. The van der Waals surface area contributed by atoms with Gasteiger partial charge in [0.05, 0.1) is 6.54 Å². The number of carboxylic acids is 1. The van der Waals surface area contributed by atoms with E-state index in [4.69, 9.17) is 4.74 Å². The second-order valence-electron chi connectivity index (χ2n) is 6.48. The van der Waals surface area contributed by atoms with Crippen molar-refractivity contribution in [3.63, 3.8) is 0 Å². The first-order valence-electron chi connectivity index (χ1n) is 7.29. The van der Waals surface area contributed by atoms with Crippen molar-refractivity contribution in [1.82, 2.24) is 10.2 Å². The molecule has 0 saturated carbocycles. The molecule has 1 saturated heterocycles. The lowest BCUT2D eigenvalue weighted by Gasteiger charge is -2.27. The van der Waals surface area contributed by atoms with Gasteiger partial charge in [0.2, 0.25) is 0 Å². The molecule has 1 heterocycles. The van der Waals surface area contributed by atoms with Crippen molar-refractivity contribution in [3.8, 4) is 5.75 Å². The first-order chi connectivity index (χ1) is 10.3. The quantitative estimate of drug-likeness (QED) is 0.896. The van der Waals surface area contributed by atoms with E-state index in [-0.39, 0.29) is 25.1 Å². The van der Waals surface area contributed by atoms with Crippen LogP contribution in [-0.4, -0.2) is 46.2 Å². The van der Waals surface area contributed by atoms with Crippen molar-refractivity contribution in [1.29, 1.82) is 0 Å². The number of hydrogen-bond acceptors (Lipinski definition) is 3. The molecule has 2 atom stereocenters. The monoisotopic (exact) mass is 306 g/mol. The SMILES string of the molecule is CC(C)(C)NC(=O)N1CC(Oc2ccccc2)C[C@H]1C(=O)O. The number of rotatable bonds is 3. The highest BCUT2D eigenvalue weighted by Crippen LogP contribution is 2.23. The number of hydrogen-bond donors (Lipinski definition) is 2. The fourth-order valence-electron chi connectivity index (χ4n) is 2.43. The summed E-state index contributed by atoms with van der Waals surface area (Å²) in [6.45, 7) is 5.83. The summed E-state index contributed by atoms with van der Waals surface area (Å²) in [5.41, 5.74) is -0.418. The average molecular weight is 306 g/mol. The van der Waals surface area contributed by atoms with Gasteiger partial charge in [0.25, 0.3) is 0 Å². The van der Waals surface area contributed by atoms with Crippen LogP contribution in [0.1, 0.15) is 27.2 Å². The first kappa shape index (κ1) is 16.1. The number of carbonyl (C=O) groups excluding carboxylic acids is 1. The minimum Gasteiger partial charge on any atom is -0.488 e. The summed E-state index contributed by atoms with van der Waals surface area (Å²) in [6.07, 6.45) is -0.0452. The number of aliphatic carboxylic acids is 1. The Bertz CT molecular complexity index is 539. The van der Waals surface area contributed by atoms with Gasteiger partial charge < -0.3 is 20.1 Å². The van der Waals surface area contributed by atoms with E-state index in [9.17, 15) is 14.7 Å². The van der Waals surface area contributed by atoms with Gasteiger partial charge in [-0.1, -0.05) is 18.2 Å². The van der Waals surface area contributed by atoms with E-state index in [1.807, 2.05) is 51.1 Å². The van der Waals surface area contributed by atoms with Gasteiger partial charge in [-0.2, -0.15) is 0 Å². The van der Waals surface area contributed by atoms with Gasteiger partial charge in [0, 0.05) is 12.0 Å². The Labute approximate surface area is 130 Å². The molecule has 0 spiro atoms. The van der Waals surface area contributed by atoms with Crippen LogP contribution in [-0.2, 0) is 4.79 Å². The maximum Gasteiger partial charge on any atom is 0.326 e. The minimum absolute atomic E-state index is 0.258. The molecule has 0 radical (unpaired) electrons. The van der Waals surface area contributed by atoms with Crippen LogP contribution in [0.2, 0.25) is 0 Å². The molecule has 120 valence electrons. The number of carbonyl (C=O) groups is 2. The molecule has 1 aromatic carbocycles. The fraction of sp³-hybridized carbons (Fsp3) is 0.500. The number of ether oxygens (including phenoxy) is 1. The van der Waals surface area contributed by atoms with Crippen LogP contribution in [0, 0.1) is 0 Å². The van der Waals surface area contributed by atoms with E-state index in [0.29, 0.717) is 5.75 Å². The van der Waals surface area contributed by atoms with Crippen molar-refractivity contribution in [2.45, 2.75) is 44.9 Å². The third-order valence-electron chi connectivity index (χ3n) is 3.34. The van der Waals surface area contributed by atoms with Gasteiger partial charge in [-0.05, 0) is 32.9 Å². The Balaban J connectivity index is 2.06. The van der Waals surface area contributed by atoms with E-state index < -0.39 is 17.6 Å². The molecule has 22 heavy (non-hydrogen) atoms. The van der Waals surface area contributed by atoms with Gasteiger partial charge in [-0.3, -0.25) is 0 Å². The van der Waals surface area contributed by atoms with Gasteiger partial charge in [-0.15, -0.1) is 0 Å². The number of nitrogens with zero attached hydrogens (tertiary/aromatic N) is 1. The number of benzene rings is 1. The maximum absolute atomic E-state index is 12.3. The summed E-state index contributed by atoms with van der Waals surface area (Å²) in [5.74, 6) is -0.335. The molecule has 6 nitrogen and oxygen atoms in total. The first-order valence-corrected chi connectivity index (χ1v) is 7.29. The highest BCUT2D eigenvalue weighted by molar-refractivity contribution is 5.83. The normalized spacial score (nSPS) is 21.5. The minimum atomic E-state index is -1.01. The lowest BCUT2D eigenvalue weighted by molar-refractivity contribution is -0.141. The molecular weight excluding hydrogens is 284 g/mol. The molecule has 0 aliphatic carbocycles. The Kier molecular flexibility index (Phi) is 4.59. The third kappa shape index (κ3) is 4.13. The predicted octanol–water partition coefficient (Wildman–Crippen LogP) is 2.10. The molecule has 6 heteroatoms. The summed E-state index contributed by atoms with van der Waals surface area (Å²) >= 11 is 0. The summed E-state index contributed by atoms with van der Waals surface area (Å²) in [5, 5.41) is 12.1. The van der Waals surface area contributed by atoms with Crippen LogP contribution in [0.3, 0.4) is 0 Å². The van der Waals surface area contributed by atoms with E-state index >= 15 is 0 Å². The van der Waals surface area contributed by atoms with Crippen LogP contribution >= 0.6 is 0 Å². The standard InChI is InChI=1S/C16H22N2O4/c1-16(2,3)17-15(21)18-10-12(9-13(18)14(19)20)22-11-7-5-4-6-8-11/h4-8,12-13H,9-10H2,1-3H3,(H,17,21)(H,19,20)/t12?,13-/m0/s1. The lowest BCUT2D eigenvalue weighted by Crippen LogP contribution is -2.51. The number of carboxylic acid groups (broad SMARTS) is 1. The molecule has 0 bridgehead atoms. The van der Waals surface area contributed by atoms with Crippen molar-refractivity contribution >= 4 is 12.0 Å². The number of likely N-dealkylation sites (tertiary alicyclic amines) is 1. The van der Waals surface area contributed by atoms with Crippen LogP contribution in [0.25, 0.3) is 0 Å². The number of urea groups is 1. The second kappa shape index (κ2) is 6.25. The van der Waals surface area contributed by atoms with Gasteiger partial charge in [-0.25, -0.2) is 9.59 Å². The molecule has 2 N–H and O–H groups in total. The molecule has 2 rings (SSSR count). The number of para-hydroxylation sites is 1. The second-order valence-corrected chi connectivity index (χ2v) is 6.48. The largest absolute Gasteiger partial charge is 0.488 e. The predicted molar refractivity (Wildman–Crippen MR) is 81.9 cm³/mol. The van der Waals surface area contributed by atoms with Crippen LogP contribution in [0.5, 0.6) is 5.75 Å². The lowest BCUT2D eigenvalue weighted by atomic mass is 10.1. The highest BCUT2D eigenvalue weighted by Gasteiger charge is 2.41. The van der Waals surface area contributed by atoms with Gasteiger partial charge in [0.1, 0.15) is 17.9 Å². The highest BCUT2D eigenvalue weighted by atomic mass is 16.5. The Morgan fingerprint density at radius 2 is 1.91 bits per heavy atom. The van der Waals surface area contributed by atoms with Crippen LogP contribution in [0.4, 0.5) is 4.79 Å². The summed E-state index contributed by atoms with van der Waals surface area (Å²) < 4.78 is 5.78. The molecule has 0 aromatic heterocycles. The van der Waals surface area contributed by atoms with E-state index in [1.54, 1.807) is 0 Å². The van der Waals surface area contributed by atoms with E-state index in [2.05, 4.69) is 5.32 Å². The molecule has 2 amide bonds. The van der Waals surface area contributed by atoms with E-state index in [1.165, 1.54) is 4.90 Å². The van der Waals surface area contributed by atoms with Gasteiger partial charge >= 0.3 is 12.0 Å². The van der Waals surface area contributed by atoms with Crippen molar-refractivity contribution in [2.75, 3.05) is 6.54 Å². The molecule has 1 aliphatic heterocycles.